The largest absolute Gasteiger partial charge is 0.386 e. The van der Waals surface area contributed by atoms with E-state index in [0.717, 1.165) is 34.2 Å². The summed E-state index contributed by atoms with van der Waals surface area (Å²) in [4.78, 5) is 0.919. The molecule has 1 fully saturated rings. The van der Waals surface area contributed by atoms with Crippen LogP contribution in [0, 0.1) is 0 Å². The number of aliphatic hydroxyl groups excluding tert-OH is 1. The molecule has 3 unspecified atom stereocenters. The van der Waals surface area contributed by atoms with Crippen LogP contribution in [0.1, 0.15) is 30.2 Å². The summed E-state index contributed by atoms with van der Waals surface area (Å²) in [5, 5.41) is 14.4. The fourth-order valence-corrected chi connectivity index (χ4v) is 5.68. The van der Waals surface area contributed by atoms with Gasteiger partial charge in [-0.05, 0) is 30.4 Å². The van der Waals surface area contributed by atoms with E-state index in [4.69, 9.17) is 0 Å². The first-order chi connectivity index (χ1) is 10.4. The van der Waals surface area contributed by atoms with Crippen molar-refractivity contribution >= 4 is 31.3 Å². The molecule has 3 rings (SSSR count). The van der Waals surface area contributed by atoms with Gasteiger partial charge >= 0.3 is 0 Å². The van der Waals surface area contributed by atoms with E-state index in [1.165, 1.54) is 6.26 Å². The lowest BCUT2D eigenvalue weighted by Gasteiger charge is -2.21. The fraction of sp³-hybridized carbons (Fsp3) is 0.500. The van der Waals surface area contributed by atoms with Crippen molar-refractivity contribution < 1.29 is 13.5 Å². The highest BCUT2D eigenvalue weighted by atomic mass is 32.2. The lowest BCUT2D eigenvalue weighted by atomic mass is 10.2. The zero-order valence-electron chi connectivity index (χ0n) is 12.5. The predicted octanol–water partition coefficient (Wildman–Crippen LogP) is 2.49. The molecule has 2 N–H and O–H groups in total. The maximum absolute atomic E-state index is 11.8. The van der Waals surface area contributed by atoms with Gasteiger partial charge in [-0.1, -0.05) is 24.6 Å². The van der Waals surface area contributed by atoms with Crippen molar-refractivity contribution in [2.75, 3.05) is 12.8 Å². The minimum absolute atomic E-state index is 0.0426. The molecule has 0 amide bonds. The Morgan fingerprint density at radius 2 is 2.14 bits per heavy atom. The molecule has 2 aromatic rings. The van der Waals surface area contributed by atoms with Crippen molar-refractivity contribution in [1.82, 2.24) is 5.32 Å². The fourth-order valence-electron chi connectivity index (χ4n) is 3.20. The SMILES string of the molecule is CS(=O)(=O)C1CCCC1NCC(O)c1cc2ccccc2s1. The van der Waals surface area contributed by atoms with Crippen LogP contribution in [0.3, 0.4) is 0 Å². The van der Waals surface area contributed by atoms with Gasteiger partial charge in [-0.3, -0.25) is 0 Å². The Labute approximate surface area is 135 Å². The summed E-state index contributed by atoms with van der Waals surface area (Å²) in [5.74, 6) is 0. The molecule has 1 aromatic carbocycles. The number of hydrogen-bond donors (Lipinski definition) is 2. The summed E-state index contributed by atoms with van der Waals surface area (Å²) in [5.41, 5.74) is 0. The maximum Gasteiger partial charge on any atom is 0.151 e. The molecule has 0 radical (unpaired) electrons. The Morgan fingerprint density at radius 1 is 1.36 bits per heavy atom. The molecule has 120 valence electrons. The summed E-state index contributed by atoms with van der Waals surface area (Å²) in [6.07, 6.45) is 3.21. The minimum atomic E-state index is -3.03. The average molecular weight is 339 g/mol. The number of fused-ring (bicyclic) bond motifs is 1. The second kappa shape index (κ2) is 6.28. The standard InChI is InChI=1S/C16H21NO3S2/c1-22(19,20)16-8-4-6-12(16)17-10-13(18)15-9-11-5-2-3-7-14(11)21-15/h2-3,5,7,9,12-13,16-18H,4,6,8,10H2,1H3. The molecule has 3 atom stereocenters. The van der Waals surface area contributed by atoms with E-state index < -0.39 is 15.9 Å². The average Bonchev–Trinajstić information content (AvgIpc) is 3.10. The molecule has 22 heavy (non-hydrogen) atoms. The smallest absolute Gasteiger partial charge is 0.151 e. The van der Waals surface area contributed by atoms with E-state index in [2.05, 4.69) is 5.32 Å². The Hall–Kier alpha value is -0.950. The second-order valence-corrected chi connectivity index (χ2v) is 9.40. The van der Waals surface area contributed by atoms with Gasteiger partial charge in [0.1, 0.15) is 6.10 Å². The van der Waals surface area contributed by atoms with Crippen molar-refractivity contribution in [2.45, 2.75) is 36.7 Å². The van der Waals surface area contributed by atoms with Crippen LogP contribution in [0.2, 0.25) is 0 Å². The van der Waals surface area contributed by atoms with Gasteiger partial charge in [-0.15, -0.1) is 11.3 Å². The maximum atomic E-state index is 11.8. The minimum Gasteiger partial charge on any atom is -0.386 e. The molecule has 1 aromatic heterocycles. The molecule has 1 aliphatic rings. The van der Waals surface area contributed by atoms with E-state index in [-0.39, 0.29) is 11.3 Å². The lowest BCUT2D eigenvalue weighted by Crippen LogP contribution is -2.41. The van der Waals surface area contributed by atoms with Crippen molar-refractivity contribution in [3.8, 4) is 0 Å². The zero-order valence-corrected chi connectivity index (χ0v) is 14.2. The van der Waals surface area contributed by atoms with Gasteiger partial charge in [0.15, 0.2) is 9.84 Å². The van der Waals surface area contributed by atoms with E-state index in [1.54, 1.807) is 11.3 Å². The lowest BCUT2D eigenvalue weighted by molar-refractivity contribution is 0.173. The van der Waals surface area contributed by atoms with Gasteiger partial charge in [0.25, 0.3) is 0 Å². The molecule has 1 heterocycles. The van der Waals surface area contributed by atoms with Gasteiger partial charge in [0, 0.05) is 28.4 Å². The number of rotatable bonds is 5. The Kier molecular flexibility index (Phi) is 4.54. The molecule has 0 saturated heterocycles. The van der Waals surface area contributed by atoms with Crippen LogP contribution in [-0.2, 0) is 9.84 Å². The number of nitrogens with one attached hydrogen (secondary N) is 1. The number of thiophene rings is 1. The van der Waals surface area contributed by atoms with Crippen LogP contribution in [-0.4, -0.2) is 37.6 Å². The third-order valence-electron chi connectivity index (χ3n) is 4.35. The zero-order chi connectivity index (χ0) is 15.7. The van der Waals surface area contributed by atoms with Crippen molar-refractivity contribution in [3.05, 3.63) is 35.2 Å². The number of hydrogen-bond acceptors (Lipinski definition) is 5. The Balaban J connectivity index is 1.65. The van der Waals surface area contributed by atoms with Crippen LogP contribution in [0.4, 0.5) is 0 Å². The second-order valence-electron chi connectivity index (χ2n) is 6.02. The predicted molar refractivity (Wildman–Crippen MR) is 91.1 cm³/mol. The van der Waals surface area contributed by atoms with Crippen molar-refractivity contribution in [3.63, 3.8) is 0 Å². The first kappa shape index (κ1) is 15.9. The summed E-state index contributed by atoms with van der Waals surface area (Å²) in [6, 6.07) is 10.0. The normalized spacial score (nSPS) is 23.9. The molecular formula is C16H21NO3S2. The molecule has 0 spiro atoms. The van der Waals surface area contributed by atoms with Gasteiger partial charge < -0.3 is 10.4 Å². The van der Waals surface area contributed by atoms with E-state index in [9.17, 15) is 13.5 Å². The van der Waals surface area contributed by atoms with Crippen LogP contribution in [0.5, 0.6) is 0 Å². The summed E-state index contributed by atoms with van der Waals surface area (Å²) >= 11 is 1.59. The summed E-state index contributed by atoms with van der Waals surface area (Å²) < 4.78 is 24.7. The molecule has 1 saturated carbocycles. The van der Waals surface area contributed by atoms with Gasteiger partial charge in [-0.25, -0.2) is 8.42 Å². The first-order valence-electron chi connectivity index (χ1n) is 7.54. The van der Waals surface area contributed by atoms with Gasteiger partial charge in [0.2, 0.25) is 0 Å². The van der Waals surface area contributed by atoms with Gasteiger partial charge in [-0.2, -0.15) is 0 Å². The van der Waals surface area contributed by atoms with Crippen molar-refractivity contribution in [2.24, 2.45) is 0 Å². The van der Waals surface area contributed by atoms with E-state index >= 15 is 0 Å². The van der Waals surface area contributed by atoms with Gasteiger partial charge in [0.05, 0.1) is 5.25 Å². The number of sulfone groups is 1. The molecule has 4 nitrogen and oxygen atoms in total. The third-order valence-corrected chi connectivity index (χ3v) is 7.23. The topological polar surface area (TPSA) is 66.4 Å². The van der Waals surface area contributed by atoms with E-state index in [1.807, 2.05) is 30.3 Å². The Bertz CT molecular complexity index is 721. The molecule has 6 heteroatoms. The molecule has 0 aliphatic heterocycles. The first-order valence-corrected chi connectivity index (χ1v) is 10.3. The van der Waals surface area contributed by atoms with E-state index in [0.29, 0.717) is 6.54 Å². The number of aliphatic hydroxyl groups is 1. The molecule has 1 aliphatic carbocycles. The van der Waals surface area contributed by atoms with Crippen LogP contribution in [0.25, 0.3) is 10.1 Å². The summed E-state index contributed by atoms with van der Waals surface area (Å²) in [7, 11) is -3.03. The van der Waals surface area contributed by atoms with Crippen LogP contribution < -0.4 is 5.32 Å². The quantitative estimate of drug-likeness (QED) is 0.878. The van der Waals surface area contributed by atoms with Crippen LogP contribution >= 0.6 is 11.3 Å². The molecule has 0 bridgehead atoms. The van der Waals surface area contributed by atoms with Crippen molar-refractivity contribution in [1.29, 1.82) is 0 Å². The monoisotopic (exact) mass is 339 g/mol. The summed E-state index contributed by atoms with van der Waals surface area (Å²) in [6.45, 7) is 0.392. The Morgan fingerprint density at radius 3 is 2.86 bits per heavy atom. The highest BCUT2D eigenvalue weighted by Crippen LogP contribution is 2.30. The third kappa shape index (κ3) is 3.35. The highest BCUT2D eigenvalue weighted by molar-refractivity contribution is 7.91. The molecular weight excluding hydrogens is 318 g/mol. The highest BCUT2D eigenvalue weighted by Gasteiger charge is 2.34. The van der Waals surface area contributed by atoms with Crippen LogP contribution in [0.15, 0.2) is 30.3 Å². The number of benzene rings is 1.